The van der Waals surface area contributed by atoms with Crippen LogP contribution in [0.15, 0.2) is 24.3 Å². The van der Waals surface area contributed by atoms with Gasteiger partial charge in [-0.25, -0.2) is 0 Å². The number of hydrogen-bond donors (Lipinski definition) is 1. The van der Waals surface area contributed by atoms with Crippen molar-refractivity contribution >= 4 is 12.4 Å². The Bertz CT molecular complexity index is 289. The van der Waals surface area contributed by atoms with Crippen LogP contribution in [0.3, 0.4) is 0 Å². The summed E-state index contributed by atoms with van der Waals surface area (Å²) in [6, 6.07) is 9.41. The third-order valence-corrected chi connectivity index (χ3v) is 1.57. The number of nitriles is 1. The Morgan fingerprint density at radius 1 is 1.42 bits per heavy atom. The van der Waals surface area contributed by atoms with Gasteiger partial charge in [0.2, 0.25) is 0 Å². The minimum Gasteiger partial charge on any atom is -0.324 e. The number of nitrogens with two attached hydrogens (primary N) is 1. The Kier molecular flexibility index (Phi) is 4.35. The molecule has 64 valence electrons. The minimum absolute atomic E-state index is 0. The highest BCUT2D eigenvalue weighted by Gasteiger charge is 2.03. The molecule has 0 saturated heterocycles. The minimum atomic E-state index is -0.0640. The van der Waals surface area contributed by atoms with Gasteiger partial charge in [0.25, 0.3) is 0 Å². The summed E-state index contributed by atoms with van der Waals surface area (Å²) < 4.78 is 0. The van der Waals surface area contributed by atoms with Gasteiger partial charge in [-0.3, -0.25) is 0 Å². The Hall–Kier alpha value is -1.04. The predicted octanol–water partition coefficient (Wildman–Crippen LogP) is 2.00. The molecule has 3 heteroatoms. The van der Waals surface area contributed by atoms with E-state index in [4.69, 9.17) is 11.0 Å². The SMILES string of the molecule is C[C@@H](N)c1ccccc1C#N.Cl. The smallest absolute Gasteiger partial charge is 0.0995 e. The normalized spacial score (nSPS) is 11.1. The molecule has 12 heavy (non-hydrogen) atoms. The van der Waals surface area contributed by atoms with E-state index in [0.717, 1.165) is 5.56 Å². The van der Waals surface area contributed by atoms with Gasteiger partial charge in [-0.2, -0.15) is 5.26 Å². The van der Waals surface area contributed by atoms with Gasteiger partial charge in [0.1, 0.15) is 0 Å². The number of benzene rings is 1. The van der Waals surface area contributed by atoms with Crippen molar-refractivity contribution in [3.63, 3.8) is 0 Å². The summed E-state index contributed by atoms with van der Waals surface area (Å²) >= 11 is 0. The van der Waals surface area contributed by atoms with Gasteiger partial charge in [-0.05, 0) is 18.6 Å². The van der Waals surface area contributed by atoms with E-state index >= 15 is 0 Å². The van der Waals surface area contributed by atoms with Gasteiger partial charge in [0, 0.05) is 6.04 Å². The molecule has 1 aromatic carbocycles. The second kappa shape index (κ2) is 4.76. The number of nitrogens with zero attached hydrogens (tertiary/aromatic N) is 1. The monoisotopic (exact) mass is 182 g/mol. The largest absolute Gasteiger partial charge is 0.324 e. The molecular weight excluding hydrogens is 172 g/mol. The van der Waals surface area contributed by atoms with Crippen molar-refractivity contribution in [2.24, 2.45) is 5.73 Å². The third kappa shape index (κ3) is 2.23. The highest BCUT2D eigenvalue weighted by Crippen LogP contribution is 2.13. The predicted molar refractivity (Wildman–Crippen MR) is 51.0 cm³/mol. The number of hydrogen-bond acceptors (Lipinski definition) is 2. The van der Waals surface area contributed by atoms with E-state index in [1.54, 1.807) is 6.07 Å². The van der Waals surface area contributed by atoms with E-state index < -0.39 is 0 Å². The van der Waals surface area contributed by atoms with Crippen LogP contribution in [-0.4, -0.2) is 0 Å². The summed E-state index contributed by atoms with van der Waals surface area (Å²) in [6.45, 7) is 1.87. The highest BCUT2D eigenvalue weighted by molar-refractivity contribution is 5.85. The molecule has 0 unspecified atom stereocenters. The van der Waals surface area contributed by atoms with E-state index in [2.05, 4.69) is 6.07 Å². The molecule has 0 aliphatic carbocycles. The van der Waals surface area contributed by atoms with Crippen LogP contribution < -0.4 is 5.73 Å². The number of rotatable bonds is 1. The zero-order valence-corrected chi connectivity index (χ0v) is 7.64. The molecule has 0 fully saturated rings. The van der Waals surface area contributed by atoms with Crippen molar-refractivity contribution in [3.05, 3.63) is 35.4 Å². The fourth-order valence-corrected chi connectivity index (χ4v) is 0.996. The van der Waals surface area contributed by atoms with Crippen LogP contribution in [0.5, 0.6) is 0 Å². The first kappa shape index (κ1) is 11.0. The van der Waals surface area contributed by atoms with E-state index in [-0.39, 0.29) is 18.4 Å². The van der Waals surface area contributed by atoms with E-state index in [0.29, 0.717) is 5.56 Å². The van der Waals surface area contributed by atoms with Crippen molar-refractivity contribution in [2.75, 3.05) is 0 Å². The lowest BCUT2D eigenvalue weighted by atomic mass is 10.0. The molecule has 2 N–H and O–H groups in total. The summed E-state index contributed by atoms with van der Waals surface area (Å²) in [5.74, 6) is 0. The highest BCUT2D eigenvalue weighted by atomic mass is 35.5. The Morgan fingerprint density at radius 3 is 2.42 bits per heavy atom. The Labute approximate surface area is 78.4 Å². The fourth-order valence-electron chi connectivity index (χ4n) is 0.996. The first-order valence-electron chi connectivity index (χ1n) is 3.50. The summed E-state index contributed by atoms with van der Waals surface area (Å²) in [6.07, 6.45) is 0. The van der Waals surface area contributed by atoms with Gasteiger partial charge < -0.3 is 5.73 Å². The molecule has 1 atom stereocenters. The maximum absolute atomic E-state index is 8.66. The van der Waals surface area contributed by atoms with Crippen LogP contribution in [0.4, 0.5) is 0 Å². The molecule has 0 spiro atoms. The van der Waals surface area contributed by atoms with E-state index in [9.17, 15) is 0 Å². The van der Waals surface area contributed by atoms with Crippen LogP contribution in [0, 0.1) is 11.3 Å². The molecular formula is C9H11ClN2. The lowest BCUT2D eigenvalue weighted by molar-refractivity contribution is 0.815. The number of halogens is 1. The molecule has 0 saturated carbocycles. The second-order valence-corrected chi connectivity index (χ2v) is 2.49. The van der Waals surface area contributed by atoms with Crippen LogP contribution in [0.25, 0.3) is 0 Å². The average molecular weight is 183 g/mol. The Balaban J connectivity index is 0.00000121. The molecule has 0 amide bonds. The van der Waals surface area contributed by atoms with Crippen molar-refractivity contribution in [3.8, 4) is 6.07 Å². The second-order valence-electron chi connectivity index (χ2n) is 2.49. The first-order chi connectivity index (χ1) is 5.25. The van der Waals surface area contributed by atoms with Gasteiger partial charge >= 0.3 is 0 Å². The van der Waals surface area contributed by atoms with Crippen LogP contribution >= 0.6 is 12.4 Å². The zero-order chi connectivity index (χ0) is 8.27. The molecule has 2 nitrogen and oxygen atoms in total. The van der Waals surface area contributed by atoms with Crippen LogP contribution in [-0.2, 0) is 0 Å². The van der Waals surface area contributed by atoms with Gasteiger partial charge in [0.05, 0.1) is 11.6 Å². The molecule has 0 aliphatic heterocycles. The molecule has 0 bridgehead atoms. The summed E-state index contributed by atoms with van der Waals surface area (Å²) in [5.41, 5.74) is 7.22. The summed E-state index contributed by atoms with van der Waals surface area (Å²) in [4.78, 5) is 0. The molecule has 0 aliphatic rings. The molecule has 1 aromatic rings. The average Bonchev–Trinajstić information content (AvgIpc) is 2.04. The van der Waals surface area contributed by atoms with E-state index in [1.165, 1.54) is 0 Å². The summed E-state index contributed by atoms with van der Waals surface area (Å²) in [7, 11) is 0. The quantitative estimate of drug-likeness (QED) is 0.722. The van der Waals surface area contributed by atoms with Crippen molar-refractivity contribution in [1.82, 2.24) is 0 Å². The molecule has 1 rings (SSSR count). The Morgan fingerprint density at radius 2 is 2.00 bits per heavy atom. The van der Waals surface area contributed by atoms with Crippen molar-refractivity contribution in [2.45, 2.75) is 13.0 Å². The van der Waals surface area contributed by atoms with Gasteiger partial charge in [0.15, 0.2) is 0 Å². The lowest BCUT2D eigenvalue weighted by Crippen LogP contribution is -2.06. The van der Waals surface area contributed by atoms with E-state index in [1.807, 2.05) is 25.1 Å². The third-order valence-electron chi connectivity index (χ3n) is 1.57. The molecule has 0 radical (unpaired) electrons. The van der Waals surface area contributed by atoms with Gasteiger partial charge in [-0.15, -0.1) is 12.4 Å². The topological polar surface area (TPSA) is 49.8 Å². The molecule has 0 aromatic heterocycles. The zero-order valence-electron chi connectivity index (χ0n) is 6.82. The van der Waals surface area contributed by atoms with Crippen molar-refractivity contribution in [1.29, 1.82) is 5.26 Å². The maximum Gasteiger partial charge on any atom is 0.0995 e. The van der Waals surface area contributed by atoms with Gasteiger partial charge in [-0.1, -0.05) is 18.2 Å². The first-order valence-corrected chi connectivity index (χ1v) is 3.50. The fraction of sp³-hybridized carbons (Fsp3) is 0.222. The lowest BCUT2D eigenvalue weighted by Gasteiger charge is -2.05. The molecule has 0 heterocycles. The van der Waals surface area contributed by atoms with Crippen LogP contribution in [0.1, 0.15) is 24.1 Å². The summed E-state index contributed by atoms with van der Waals surface area (Å²) in [5, 5.41) is 8.66. The van der Waals surface area contributed by atoms with Crippen LogP contribution in [0.2, 0.25) is 0 Å². The van der Waals surface area contributed by atoms with Crippen molar-refractivity contribution < 1.29 is 0 Å². The standard InChI is InChI=1S/C9H10N2.ClH/c1-7(11)9-5-3-2-4-8(9)6-10;/h2-5,7H,11H2,1H3;1H/t7-;/m1./s1. The maximum atomic E-state index is 8.66.